The average molecular weight is 348 g/mol. The van der Waals surface area contributed by atoms with Crippen LogP contribution in [0.4, 0.5) is 5.69 Å². The van der Waals surface area contributed by atoms with Crippen molar-refractivity contribution in [3.63, 3.8) is 0 Å². The molecule has 0 aliphatic carbocycles. The second kappa shape index (κ2) is 8.27. The van der Waals surface area contributed by atoms with Crippen LogP contribution in [0.3, 0.4) is 0 Å². The molecule has 25 heavy (non-hydrogen) atoms. The first-order valence-electron chi connectivity index (χ1n) is 7.82. The van der Waals surface area contributed by atoms with E-state index in [0.717, 1.165) is 6.42 Å². The predicted octanol–water partition coefficient (Wildman–Crippen LogP) is 0.648. The van der Waals surface area contributed by atoms with Gasteiger partial charge in [-0.15, -0.1) is 0 Å². The number of anilines is 1. The Bertz CT molecular complexity index is 687. The van der Waals surface area contributed by atoms with Crippen molar-refractivity contribution in [3.05, 3.63) is 29.8 Å². The number of nitrogens with one attached hydrogen (secondary N) is 1. The summed E-state index contributed by atoms with van der Waals surface area (Å²) in [4.78, 5) is 49.0. The lowest BCUT2D eigenvalue weighted by molar-refractivity contribution is -0.149. The molecular weight excluding hydrogens is 328 g/mol. The number of carbonyl (C=O) groups excluding carboxylic acids is 4. The first-order chi connectivity index (χ1) is 12.0. The van der Waals surface area contributed by atoms with Crippen molar-refractivity contribution in [2.24, 2.45) is 0 Å². The maximum atomic E-state index is 12.4. The quantitative estimate of drug-likeness (QED) is 0.757. The fourth-order valence-electron chi connectivity index (χ4n) is 2.56. The molecular formula is C17H20N2O6. The molecule has 1 aromatic rings. The van der Waals surface area contributed by atoms with Gasteiger partial charge < -0.3 is 19.7 Å². The summed E-state index contributed by atoms with van der Waals surface area (Å²) in [6, 6.07) is 5.38. The van der Waals surface area contributed by atoms with Gasteiger partial charge in [0.05, 0.1) is 20.6 Å². The van der Waals surface area contributed by atoms with Crippen molar-refractivity contribution < 1.29 is 28.7 Å². The van der Waals surface area contributed by atoms with E-state index >= 15 is 0 Å². The van der Waals surface area contributed by atoms with E-state index in [0.29, 0.717) is 18.7 Å². The molecule has 0 bridgehead atoms. The number of hydrogen-bond acceptors (Lipinski definition) is 6. The summed E-state index contributed by atoms with van der Waals surface area (Å²) in [6.07, 6.45) is 0.929. The summed E-state index contributed by atoms with van der Waals surface area (Å²) in [5.41, 5.74) is 0.897. The van der Waals surface area contributed by atoms with Crippen molar-refractivity contribution in [3.8, 4) is 0 Å². The van der Waals surface area contributed by atoms with E-state index in [2.05, 4.69) is 14.8 Å². The highest BCUT2D eigenvalue weighted by molar-refractivity contribution is 6.00. The first kappa shape index (κ1) is 18.4. The van der Waals surface area contributed by atoms with Gasteiger partial charge in [-0.05, 0) is 24.6 Å². The minimum absolute atomic E-state index is 0.00990. The molecule has 8 heteroatoms. The van der Waals surface area contributed by atoms with Crippen LogP contribution < -0.4 is 10.2 Å². The van der Waals surface area contributed by atoms with Crippen LogP contribution in [-0.4, -0.2) is 50.6 Å². The minimum Gasteiger partial charge on any atom is -0.469 e. The highest BCUT2D eigenvalue weighted by atomic mass is 16.5. The molecule has 1 N–H and O–H groups in total. The van der Waals surface area contributed by atoms with Gasteiger partial charge in [0, 0.05) is 24.2 Å². The van der Waals surface area contributed by atoms with Crippen molar-refractivity contribution in [1.82, 2.24) is 5.32 Å². The molecule has 1 aliphatic heterocycles. The van der Waals surface area contributed by atoms with E-state index in [4.69, 9.17) is 0 Å². The van der Waals surface area contributed by atoms with Gasteiger partial charge in [0.25, 0.3) is 5.91 Å². The van der Waals surface area contributed by atoms with Gasteiger partial charge in [-0.25, -0.2) is 4.79 Å². The molecule has 134 valence electrons. The van der Waals surface area contributed by atoms with Gasteiger partial charge in [0.2, 0.25) is 5.91 Å². The summed E-state index contributed by atoms with van der Waals surface area (Å²) in [5, 5.41) is 2.46. The third kappa shape index (κ3) is 4.56. The van der Waals surface area contributed by atoms with E-state index in [1.54, 1.807) is 29.2 Å². The van der Waals surface area contributed by atoms with Crippen LogP contribution >= 0.6 is 0 Å². The summed E-state index contributed by atoms with van der Waals surface area (Å²) >= 11 is 0. The fourth-order valence-corrected chi connectivity index (χ4v) is 2.56. The number of ether oxygens (including phenoxy) is 2. The van der Waals surface area contributed by atoms with Gasteiger partial charge in [0.15, 0.2) is 0 Å². The Balaban J connectivity index is 2.14. The van der Waals surface area contributed by atoms with E-state index in [-0.39, 0.29) is 17.9 Å². The Hall–Kier alpha value is -2.90. The summed E-state index contributed by atoms with van der Waals surface area (Å²) < 4.78 is 9.12. The maximum Gasteiger partial charge on any atom is 0.328 e. The van der Waals surface area contributed by atoms with E-state index in [1.807, 2.05) is 0 Å². The maximum absolute atomic E-state index is 12.4. The van der Waals surface area contributed by atoms with Gasteiger partial charge in [-0.2, -0.15) is 0 Å². The minimum atomic E-state index is -1.15. The molecule has 1 saturated heterocycles. The second-order valence-corrected chi connectivity index (χ2v) is 5.53. The Labute approximate surface area is 145 Å². The molecule has 1 aliphatic rings. The van der Waals surface area contributed by atoms with Crippen molar-refractivity contribution in [2.45, 2.75) is 25.3 Å². The molecule has 0 radical (unpaired) electrons. The Morgan fingerprint density at radius 3 is 2.60 bits per heavy atom. The average Bonchev–Trinajstić information content (AvgIpc) is 3.06. The van der Waals surface area contributed by atoms with Gasteiger partial charge >= 0.3 is 11.9 Å². The number of nitrogens with zero attached hydrogens (tertiary/aromatic N) is 1. The lowest BCUT2D eigenvalue weighted by Gasteiger charge is -2.18. The number of carbonyl (C=O) groups is 4. The third-order valence-electron chi connectivity index (χ3n) is 3.88. The highest BCUT2D eigenvalue weighted by Crippen LogP contribution is 2.22. The van der Waals surface area contributed by atoms with Crippen LogP contribution in [0.5, 0.6) is 0 Å². The number of rotatable bonds is 6. The zero-order valence-corrected chi connectivity index (χ0v) is 14.1. The Morgan fingerprint density at radius 1 is 1.24 bits per heavy atom. The summed E-state index contributed by atoms with van der Waals surface area (Å²) in [7, 11) is 2.35. The molecule has 0 saturated carbocycles. The number of methoxy groups -OCH3 is 2. The van der Waals surface area contributed by atoms with Crippen LogP contribution in [0.25, 0.3) is 0 Å². The topological polar surface area (TPSA) is 102 Å². The molecule has 2 amide bonds. The number of amides is 2. The fraction of sp³-hybridized carbons (Fsp3) is 0.412. The first-order valence-corrected chi connectivity index (χ1v) is 7.82. The van der Waals surface area contributed by atoms with Crippen molar-refractivity contribution in [1.29, 1.82) is 0 Å². The monoisotopic (exact) mass is 348 g/mol. The molecule has 8 nitrogen and oxygen atoms in total. The Morgan fingerprint density at radius 2 is 2.00 bits per heavy atom. The molecule has 0 spiro atoms. The number of benzene rings is 1. The Kier molecular flexibility index (Phi) is 6.10. The molecule has 2 rings (SSSR count). The second-order valence-electron chi connectivity index (χ2n) is 5.53. The number of hydrogen-bond donors (Lipinski definition) is 1. The van der Waals surface area contributed by atoms with Crippen molar-refractivity contribution in [2.75, 3.05) is 25.7 Å². The SMILES string of the molecule is COC(=O)C[C@H](NC(=O)c1cccc(N2CCCC2=O)c1)C(=O)OC. The van der Waals surface area contributed by atoms with E-state index < -0.39 is 23.9 Å². The predicted molar refractivity (Wildman–Crippen MR) is 87.9 cm³/mol. The van der Waals surface area contributed by atoms with Gasteiger partial charge in [0.1, 0.15) is 6.04 Å². The number of esters is 2. The van der Waals surface area contributed by atoms with Crippen LogP contribution in [0.1, 0.15) is 29.6 Å². The molecule has 1 fully saturated rings. The van der Waals surface area contributed by atoms with Gasteiger partial charge in [-0.3, -0.25) is 14.4 Å². The van der Waals surface area contributed by atoms with Crippen LogP contribution in [-0.2, 0) is 23.9 Å². The van der Waals surface area contributed by atoms with E-state index in [1.165, 1.54) is 14.2 Å². The van der Waals surface area contributed by atoms with Crippen molar-refractivity contribution >= 4 is 29.4 Å². The summed E-state index contributed by atoms with van der Waals surface area (Å²) in [5.74, 6) is -1.93. The zero-order valence-electron chi connectivity index (χ0n) is 14.1. The molecule has 1 atom stereocenters. The molecule has 0 aromatic heterocycles. The normalized spacial score (nSPS) is 14.8. The highest BCUT2D eigenvalue weighted by Gasteiger charge is 2.26. The third-order valence-corrected chi connectivity index (χ3v) is 3.88. The van der Waals surface area contributed by atoms with Crippen LogP contribution in [0, 0.1) is 0 Å². The lowest BCUT2D eigenvalue weighted by atomic mass is 10.1. The standard InChI is InChI=1S/C17H20N2O6/c1-24-15(21)10-13(17(23)25-2)18-16(22)11-5-3-6-12(9-11)19-8-4-7-14(19)20/h3,5-6,9,13H,4,7-8,10H2,1-2H3,(H,18,22)/t13-/m0/s1. The summed E-state index contributed by atoms with van der Waals surface area (Å²) in [6.45, 7) is 0.608. The lowest BCUT2D eigenvalue weighted by Crippen LogP contribution is -2.43. The van der Waals surface area contributed by atoms with Crippen LogP contribution in [0.2, 0.25) is 0 Å². The van der Waals surface area contributed by atoms with Crippen LogP contribution in [0.15, 0.2) is 24.3 Å². The zero-order chi connectivity index (χ0) is 18.4. The van der Waals surface area contributed by atoms with E-state index in [9.17, 15) is 19.2 Å². The molecule has 0 unspecified atom stereocenters. The molecule has 1 aromatic carbocycles. The molecule has 1 heterocycles. The largest absolute Gasteiger partial charge is 0.469 e. The smallest absolute Gasteiger partial charge is 0.328 e. The van der Waals surface area contributed by atoms with Gasteiger partial charge in [-0.1, -0.05) is 6.07 Å².